The van der Waals surface area contributed by atoms with Crippen LogP contribution in [0.3, 0.4) is 0 Å². The van der Waals surface area contributed by atoms with Gasteiger partial charge in [0.1, 0.15) is 5.75 Å². The van der Waals surface area contributed by atoms with E-state index in [1.54, 1.807) is 44.2 Å². The van der Waals surface area contributed by atoms with Crippen LogP contribution in [0.25, 0.3) is 0 Å². The number of nitro groups is 1. The van der Waals surface area contributed by atoms with Crippen molar-refractivity contribution in [1.29, 1.82) is 0 Å². The Morgan fingerprint density at radius 2 is 2.09 bits per heavy atom. The maximum Gasteiger partial charge on any atom is 0.332 e. The average molecular weight is 435 g/mol. The van der Waals surface area contributed by atoms with E-state index < -0.39 is 12.0 Å². The molecule has 2 aromatic carbocycles. The zero-order valence-electron chi connectivity index (χ0n) is 18.3. The van der Waals surface area contributed by atoms with Crippen molar-refractivity contribution >= 4 is 17.4 Å². The number of para-hydroxylation sites is 1. The Morgan fingerprint density at radius 1 is 1.31 bits per heavy atom. The standard InChI is InChI=1S/C24H25N3O5/c1-4-32-22(28)13-15(2)26-24(18-7-5-6-8-21(18)27(29)30)19-12-10-16-9-11-17(31-3)14-20(16)23(19)25-26/h5-9,11,13-14,19,24H,4,10,12H2,1-3H3. The van der Waals surface area contributed by atoms with Crippen LogP contribution in [0.4, 0.5) is 5.69 Å². The second kappa shape index (κ2) is 8.82. The summed E-state index contributed by atoms with van der Waals surface area (Å²) in [5.41, 5.74) is 4.18. The molecule has 2 atom stereocenters. The van der Waals surface area contributed by atoms with Crippen LogP contribution in [-0.2, 0) is 16.0 Å². The molecule has 8 nitrogen and oxygen atoms in total. The van der Waals surface area contributed by atoms with E-state index in [4.69, 9.17) is 14.6 Å². The number of fused-ring (bicyclic) bond motifs is 3. The molecule has 1 aliphatic carbocycles. The summed E-state index contributed by atoms with van der Waals surface area (Å²) in [6, 6.07) is 12.3. The number of hydrazone groups is 1. The summed E-state index contributed by atoms with van der Waals surface area (Å²) in [7, 11) is 1.62. The van der Waals surface area contributed by atoms with Gasteiger partial charge >= 0.3 is 5.97 Å². The molecule has 8 heteroatoms. The smallest absolute Gasteiger partial charge is 0.332 e. The van der Waals surface area contributed by atoms with Crippen molar-refractivity contribution in [2.75, 3.05) is 13.7 Å². The number of nitro benzene ring substituents is 1. The Morgan fingerprint density at radius 3 is 2.81 bits per heavy atom. The molecule has 0 radical (unpaired) electrons. The number of benzene rings is 2. The van der Waals surface area contributed by atoms with Crippen molar-refractivity contribution < 1.29 is 19.2 Å². The van der Waals surface area contributed by atoms with E-state index in [0.29, 0.717) is 11.3 Å². The van der Waals surface area contributed by atoms with E-state index in [9.17, 15) is 14.9 Å². The van der Waals surface area contributed by atoms with E-state index in [-0.39, 0.29) is 23.1 Å². The lowest BCUT2D eigenvalue weighted by Crippen LogP contribution is -2.29. The molecule has 0 bridgehead atoms. The Kier molecular flexibility index (Phi) is 5.94. The highest BCUT2D eigenvalue weighted by molar-refractivity contribution is 6.06. The number of carbonyl (C=O) groups is 1. The molecule has 1 heterocycles. The highest BCUT2D eigenvalue weighted by Gasteiger charge is 2.44. The first-order valence-corrected chi connectivity index (χ1v) is 10.6. The first-order valence-electron chi connectivity index (χ1n) is 10.6. The lowest BCUT2D eigenvalue weighted by molar-refractivity contribution is -0.386. The van der Waals surface area contributed by atoms with Crippen molar-refractivity contribution in [2.45, 2.75) is 32.7 Å². The van der Waals surface area contributed by atoms with Gasteiger partial charge < -0.3 is 9.47 Å². The third kappa shape index (κ3) is 3.84. The molecule has 0 saturated carbocycles. The van der Waals surface area contributed by atoms with Gasteiger partial charge in [-0.3, -0.25) is 15.1 Å². The number of methoxy groups -OCH3 is 1. The first-order chi connectivity index (χ1) is 15.4. The summed E-state index contributed by atoms with van der Waals surface area (Å²) >= 11 is 0. The maximum atomic E-state index is 12.1. The molecule has 0 N–H and O–H groups in total. The number of hydrogen-bond acceptors (Lipinski definition) is 7. The zero-order chi connectivity index (χ0) is 22.8. The lowest BCUT2D eigenvalue weighted by Gasteiger charge is -2.30. The van der Waals surface area contributed by atoms with Gasteiger partial charge in [-0.2, -0.15) is 5.10 Å². The van der Waals surface area contributed by atoms with Crippen LogP contribution < -0.4 is 4.74 Å². The van der Waals surface area contributed by atoms with Crippen molar-refractivity contribution in [1.82, 2.24) is 5.01 Å². The van der Waals surface area contributed by atoms with Gasteiger partial charge in [-0.1, -0.05) is 18.2 Å². The summed E-state index contributed by atoms with van der Waals surface area (Å²) in [6.45, 7) is 3.78. The van der Waals surface area contributed by atoms with Gasteiger partial charge in [-0.15, -0.1) is 0 Å². The Hall–Kier alpha value is -3.68. The fourth-order valence-electron chi connectivity index (χ4n) is 4.54. The predicted octanol–water partition coefficient (Wildman–Crippen LogP) is 4.39. The van der Waals surface area contributed by atoms with Crippen LogP contribution in [0.1, 0.15) is 43.0 Å². The van der Waals surface area contributed by atoms with Gasteiger partial charge in [0.15, 0.2) is 0 Å². The third-order valence-electron chi connectivity index (χ3n) is 5.96. The van der Waals surface area contributed by atoms with E-state index in [1.807, 2.05) is 18.2 Å². The summed E-state index contributed by atoms with van der Waals surface area (Å²) < 4.78 is 10.5. The molecule has 0 aromatic heterocycles. The number of nitrogens with zero attached hydrogens (tertiary/aromatic N) is 3. The van der Waals surface area contributed by atoms with Crippen molar-refractivity contribution in [3.8, 4) is 5.75 Å². The van der Waals surface area contributed by atoms with Gasteiger partial charge in [0.25, 0.3) is 5.69 Å². The van der Waals surface area contributed by atoms with Gasteiger partial charge in [-0.25, -0.2) is 4.79 Å². The second-order valence-corrected chi connectivity index (χ2v) is 7.80. The summed E-state index contributed by atoms with van der Waals surface area (Å²) in [5, 5.41) is 18.4. The third-order valence-corrected chi connectivity index (χ3v) is 5.96. The summed E-state index contributed by atoms with van der Waals surface area (Å²) in [5.74, 6) is 0.191. The number of rotatable bonds is 6. The Labute approximate surface area is 186 Å². The molecule has 1 aliphatic heterocycles. The number of esters is 1. The quantitative estimate of drug-likeness (QED) is 0.289. The second-order valence-electron chi connectivity index (χ2n) is 7.80. The van der Waals surface area contributed by atoms with Crippen LogP contribution in [0.2, 0.25) is 0 Å². The van der Waals surface area contributed by atoms with Gasteiger partial charge in [0.2, 0.25) is 0 Å². The van der Waals surface area contributed by atoms with E-state index in [2.05, 4.69) is 0 Å². The molecule has 0 fully saturated rings. The molecule has 0 saturated heterocycles. The van der Waals surface area contributed by atoms with Crippen LogP contribution in [0, 0.1) is 16.0 Å². The van der Waals surface area contributed by atoms with E-state index in [1.165, 1.54) is 12.1 Å². The lowest BCUT2D eigenvalue weighted by atomic mass is 9.77. The fourth-order valence-corrected chi connectivity index (χ4v) is 4.54. The molecule has 2 aliphatic rings. The molecule has 2 aromatic rings. The number of ether oxygens (including phenoxy) is 2. The minimum absolute atomic E-state index is 0.0410. The molecule has 4 rings (SSSR count). The SMILES string of the molecule is CCOC(=O)C=C(C)N1N=C2c3cc(OC)ccc3CCC2C1c1ccccc1[N+](=O)[O-]. The molecular formula is C24H25N3O5. The predicted molar refractivity (Wildman–Crippen MR) is 119 cm³/mol. The Balaban J connectivity index is 1.85. The molecule has 0 spiro atoms. The number of carbonyl (C=O) groups excluding carboxylic acids is 1. The topological polar surface area (TPSA) is 94.3 Å². The van der Waals surface area contributed by atoms with E-state index in [0.717, 1.165) is 35.4 Å². The van der Waals surface area contributed by atoms with Crippen LogP contribution >= 0.6 is 0 Å². The highest BCUT2D eigenvalue weighted by Crippen LogP contribution is 2.47. The van der Waals surface area contributed by atoms with Crippen molar-refractivity contribution in [3.05, 3.63) is 81.0 Å². The van der Waals surface area contributed by atoms with Crippen LogP contribution in [-0.4, -0.2) is 35.3 Å². The number of hydrogen-bond donors (Lipinski definition) is 0. The van der Waals surface area contributed by atoms with Gasteiger partial charge in [-0.05, 0) is 50.5 Å². The zero-order valence-corrected chi connectivity index (χ0v) is 18.3. The van der Waals surface area contributed by atoms with Gasteiger partial charge in [0.05, 0.1) is 36.0 Å². The molecule has 2 unspecified atom stereocenters. The number of allylic oxidation sites excluding steroid dienone is 1. The highest BCUT2D eigenvalue weighted by atomic mass is 16.6. The number of aryl methyl sites for hydroxylation is 1. The maximum absolute atomic E-state index is 12.1. The van der Waals surface area contributed by atoms with Gasteiger partial charge in [0, 0.05) is 29.3 Å². The molecule has 166 valence electrons. The fraction of sp³-hybridized carbons (Fsp3) is 0.333. The van der Waals surface area contributed by atoms with Crippen molar-refractivity contribution in [2.24, 2.45) is 11.0 Å². The van der Waals surface area contributed by atoms with E-state index >= 15 is 0 Å². The summed E-state index contributed by atoms with van der Waals surface area (Å²) in [6.07, 6.45) is 3.01. The largest absolute Gasteiger partial charge is 0.497 e. The minimum atomic E-state index is -0.469. The average Bonchev–Trinajstić information content (AvgIpc) is 3.19. The normalized spacial score (nSPS) is 19.7. The first kappa shape index (κ1) is 21.5. The van der Waals surface area contributed by atoms with Crippen molar-refractivity contribution in [3.63, 3.8) is 0 Å². The monoisotopic (exact) mass is 435 g/mol. The minimum Gasteiger partial charge on any atom is -0.497 e. The van der Waals surface area contributed by atoms with Crippen LogP contribution in [0.15, 0.2) is 59.3 Å². The molecular weight excluding hydrogens is 410 g/mol. The summed E-state index contributed by atoms with van der Waals surface area (Å²) in [4.78, 5) is 23.6. The Bertz CT molecular complexity index is 1120. The molecule has 32 heavy (non-hydrogen) atoms. The molecule has 0 amide bonds. The van der Waals surface area contributed by atoms with Crippen LogP contribution in [0.5, 0.6) is 5.75 Å².